The number of phenolic OH excluding ortho intramolecular Hbond substituents is 1. The van der Waals surface area contributed by atoms with Gasteiger partial charge in [-0.15, -0.1) is 0 Å². The van der Waals surface area contributed by atoms with Crippen LogP contribution in [0.25, 0.3) is 0 Å². The predicted molar refractivity (Wildman–Crippen MR) is 50.3 cm³/mol. The van der Waals surface area contributed by atoms with Crippen LogP contribution in [0, 0.1) is 0 Å². The van der Waals surface area contributed by atoms with Gasteiger partial charge in [0.2, 0.25) is 0 Å². The van der Waals surface area contributed by atoms with E-state index in [2.05, 4.69) is 0 Å². The van der Waals surface area contributed by atoms with E-state index in [1.165, 1.54) is 19.9 Å². The zero-order chi connectivity index (χ0) is 11.9. The molecular weight excluding hydrogens is 207 g/mol. The Balaban J connectivity index is 3.48. The van der Waals surface area contributed by atoms with Crippen molar-refractivity contribution in [3.8, 4) is 5.75 Å². The quantitative estimate of drug-likeness (QED) is 0.762. The second kappa shape index (κ2) is 3.41. The molecule has 1 aromatic rings. The lowest BCUT2D eigenvalue weighted by molar-refractivity contribution is -0.138. The molecule has 0 fully saturated rings. The van der Waals surface area contributed by atoms with Crippen LogP contribution >= 0.6 is 0 Å². The molecule has 5 heteroatoms. The molecule has 0 spiro atoms. The van der Waals surface area contributed by atoms with Crippen LogP contribution in [0.15, 0.2) is 18.2 Å². The van der Waals surface area contributed by atoms with Gasteiger partial charge in [-0.2, -0.15) is 13.2 Å². The van der Waals surface area contributed by atoms with Crippen molar-refractivity contribution in [3.63, 3.8) is 0 Å². The average Bonchev–Trinajstić information content (AvgIpc) is 1.99. The minimum absolute atomic E-state index is 0.280. The molecule has 0 heterocycles. The molecule has 15 heavy (non-hydrogen) atoms. The molecule has 0 atom stereocenters. The SMILES string of the molecule is CC(C)(N)c1c(O)cccc1C(F)(F)F. The zero-order valence-electron chi connectivity index (χ0n) is 8.39. The number of alkyl halides is 3. The van der Waals surface area contributed by atoms with Crippen molar-refractivity contribution < 1.29 is 18.3 Å². The van der Waals surface area contributed by atoms with Crippen LogP contribution in [0.3, 0.4) is 0 Å². The van der Waals surface area contributed by atoms with Crippen molar-refractivity contribution in [2.24, 2.45) is 5.73 Å². The first-order chi connectivity index (χ1) is 6.64. The number of aromatic hydroxyl groups is 1. The van der Waals surface area contributed by atoms with Gasteiger partial charge in [-0.05, 0) is 26.0 Å². The zero-order valence-corrected chi connectivity index (χ0v) is 8.39. The Labute approximate surface area is 85.5 Å². The van der Waals surface area contributed by atoms with Crippen LogP contribution in [0.2, 0.25) is 0 Å². The molecule has 0 aliphatic rings. The molecule has 0 amide bonds. The monoisotopic (exact) mass is 219 g/mol. The standard InChI is InChI=1S/C10H12F3NO/c1-9(2,14)8-6(10(11,12)13)4-3-5-7(8)15/h3-5,15H,14H2,1-2H3. The highest BCUT2D eigenvalue weighted by Gasteiger charge is 2.37. The molecule has 84 valence electrons. The molecule has 2 nitrogen and oxygen atoms in total. The first-order valence-electron chi connectivity index (χ1n) is 4.32. The van der Waals surface area contributed by atoms with Gasteiger partial charge in [-0.1, -0.05) is 6.07 Å². The van der Waals surface area contributed by atoms with Gasteiger partial charge in [-0.3, -0.25) is 0 Å². The molecule has 3 N–H and O–H groups in total. The lowest BCUT2D eigenvalue weighted by atomic mass is 9.90. The fourth-order valence-corrected chi connectivity index (χ4v) is 1.45. The largest absolute Gasteiger partial charge is 0.508 e. The summed E-state index contributed by atoms with van der Waals surface area (Å²) in [6, 6.07) is 3.25. The number of phenols is 1. The highest BCUT2D eigenvalue weighted by atomic mass is 19.4. The molecule has 0 aliphatic heterocycles. The summed E-state index contributed by atoms with van der Waals surface area (Å²) < 4.78 is 37.8. The third-order valence-corrected chi connectivity index (χ3v) is 1.99. The minimum atomic E-state index is -4.51. The normalized spacial score (nSPS) is 12.9. The summed E-state index contributed by atoms with van der Waals surface area (Å²) in [5.41, 5.74) is 3.18. The van der Waals surface area contributed by atoms with Crippen molar-refractivity contribution in [2.75, 3.05) is 0 Å². The molecule has 1 aromatic carbocycles. The topological polar surface area (TPSA) is 46.2 Å². The van der Waals surface area contributed by atoms with Gasteiger partial charge < -0.3 is 10.8 Å². The second-order valence-electron chi connectivity index (χ2n) is 3.92. The molecule has 0 bridgehead atoms. The smallest absolute Gasteiger partial charge is 0.416 e. The Morgan fingerprint density at radius 3 is 2.07 bits per heavy atom. The Kier molecular flexibility index (Phi) is 2.69. The molecule has 0 aromatic heterocycles. The lowest BCUT2D eigenvalue weighted by Crippen LogP contribution is -2.31. The third-order valence-electron chi connectivity index (χ3n) is 1.99. The Hall–Kier alpha value is -1.23. The summed E-state index contributed by atoms with van der Waals surface area (Å²) in [4.78, 5) is 0. The third kappa shape index (κ3) is 2.41. The predicted octanol–water partition coefficient (Wildman–Crippen LogP) is 2.60. The van der Waals surface area contributed by atoms with Crippen molar-refractivity contribution >= 4 is 0 Å². The minimum Gasteiger partial charge on any atom is -0.508 e. The van der Waals surface area contributed by atoms with E-state index in [9.17, 15) is 18.3 Å². The van der Waals surface area contributed by atoms with Crippen molar-refractivity contribution in [1.29, 1.82) is 0 Å². The van der Waals surface area contributed by atoms with Gasteiger partial charge >= 0.3 is 6.18 Å². The van der Waals surface area contributed by atoms with E-state index >= 15 is 0 Å². The summed E-state index contributed by atoms with van der Waals surface area (Å²) in [7, 11) is 0. The van der Waals surface area contributed by atoms with E-state index in [-0.39, 0.29) is 5.56 Å². The van der Waals surface area contributed by atoms with Gasteiger partial charge in [0.15, 0.2) is 0 Å². The first-order valence-corrected chi connectivity index (χ1v) is 4.32. The number of hydrogen-bond donors (Lipinski definition) is 2. The van der Waals surface area contributed by atoms with Gasteiger partial charge in [0, 0.05) is 11.1 Å². The fourth-order valence-electron chi connectivity index (χ4n) is 1.45. The Bertz CT molecular complexity index is 366. The maximum atomic E-state index is 12.6. The van der Waals surface area contributed by atoms with E-state index in [1.54, 1.807) is 0 Å². The highest BCUT2D eigenvalue weighted by Crippen LogP contribution is 2.39. The number of rotatable bonds is 1. The average molecular weight is 219 g/mol. The maximum absolute atomic E-state index is 12.6. The summed E-state index contributed by atoms with van der Waals surface area (Å²) in [5.74, 6) is -0.433. The van der Waals surface area contributed by atoms with Gasteiger partial charge in [0.05, 0.1) is 5.56 Å². The number of benzene rings is 1. The maximum Gasteiger partial charge on any atom is 0.416 e. The van der Waals surface area contributed by atoms with Gasteiger partial charge in [0.1, 0.15) is 5.75 Å². The molecular formula is C10H12F3NO. The molecule has 0 saturated carbocycles. The van der Waals surface area contributed by atoms with E-state index in [1.807, 2.05) is 0 Å². The van der Waals surface area contributed by atoms with Crippen molar-refractivity contribution in [3.05, 3.63) is 29.3 Å². The van der Waals surface area contributed by atoms with Crippen LogP contribution in [0.5, 0.6) is 5.75 Å². The van der Waals surface area contributed by atoms with Gasteiger partial charge in [0.25, 0.3) is 0 Å². The van der Waals surface area contributed by atoms with Crippen LogP contribution in [-0.2, 0) is 11.7 Å². The molecule has 0 saturated heterocycles. The number of hydrogen-bond acceptors (Lipinski definition) is 2. The first kappa shape index (κ1) is 11.8. The Morgan fingerprint density at radius 1 is 1.20 bits per heavy atom. The van der Waals surface area contributed by atoms with E-state index in [4.69, 9.17) is 5.73 Å². The summed E-state index contributed by atoms with van der Waals surface area (Å²) in [6.07, 6.45) is -4.51. The van der Waals surface area contributed by atoms with E-state index < -0.39 is 23.0 Å². The summed E-state index contributed by atoms with van der Waals surface area (Å²) >= 11 is 0. The Morgan fingerprint density at radius 2 is 1.73 bits per heavy atom. The highest BCUT2D eigenvalue weighted by molar-refractivity contribution is 5.44. The van der Waals surface area contributed by atoms with Crippen LogP contribution in [0.1, 0.15) is 25.0 Å². The van der Waals surface area contributed by atoms with Crippen LogP contribution in [0.4, 0.5) is 13.2 Å². The fraction of sp³-hybridized carbons (Fsp3) is 0.400. The van der Waals surface area contributed by atoms with E-state index in [0.29, 0.717) is 0 Å². The molecule has 0 aliphatic carbocycles. The molecule has 0 unspecified atom stereocenters. The van der Waals surface area contributed by atoms with Crippen molar-refractivity contribution in [2.45, 2.75) is 25.6 Å². The van der Waals surface area contributed by atoms with Crippen molar-refractivity contribution in [1.82, 2.24) is 0 Å². The number of nitrogens with two attached hydrogens (primary N) is 1. The van der Waals surface area contributed by atoms with E-state index in [0.717, 1.165) is 12.1 Å². The van der Waals surface area contributed by atoms with Gasteiger partial charge in [-0.25, -0.2) is 0 Å². The summed E-state index contributed by atoms with van der Waals surface area (Å²) in [5, 5.41) is 9.41. The van der Waals surface area contributed by atoms with Crippen LogP contribution < -0.4 is 5.73 Å². The lowest BCUT2D eigenvalue weighted by Gasteiger charge is -2.24. The summed E-state index contributed by atoms with van der Waals surface area (Å²) in [6.45, 7) is 2.83. The molecule has 1 rings (SSSR count). The second-order valence-corrected chi connectivity index (χ2v) is 3.92. The van der Waals surface area contributed by atoms with Crippen LogP contribution in [-0.4, -0.2) is 5.11 Å². The number of halogens is 3. The molecule has 0 radical (unpaired) electrons.